The molecule has 8 heteroatoms. The van der Waals surface area contributed by atoms with Gasteiger partial charge in [-0.3, -0.25) is 19.5 Å². The van der Waals surface area contributed by atoms with Crippen molar-refractivity contribution in [2.45, 2.75) is 44.5 Å². The number of carbonyl (C=O) groups is 2. The van der Waals surface area contributed by atoms with Crippen LogP contribution in [0.3, 0.4) is 0 Å². The number of benzene rings is 1. The number of likely N-dealkylation sites (tertiary alicyclic amines) is 1. The number of carboxylic acid groups (broad SMARTS) is 1. The molecule has 0 bridgehead atoms. The molecule has 3 saturated heterocycles. The van der Waals surface area contributed by atoms with Crippen molar-refractivity contribution in [3.8, 4) is 0 Å². The van der Waals surface area contributed by atoms with E-state index in [0.717, 1.165) is 58.7 Å². The average Bonchev–Trinajstić information content (AvgIpc) is 3.13. The fourth-order valence-corrected chi connectivity index (χ4v) is 5.37. The molecule has 2 unspecified atom stereocenters. The van der Waals surface area contributed by atoms with E-state index < -0.39 is 5.97 Å². The lowest BCUT2D eigenvalue weighted by atomic mass is 9.86. The molecule has 1 N–H and O–H groups in total. The number of hydrogen-bond donors (Lipinski definition) is 1. The van der Waals surface area contributed by atoms with E-state index in [2.05, 4.69) is 45.0 Å². The zero-order chi connectivity index (χ0) is 22.5. The van der Waals surface area contributed by atoms with Gasteiger partial charge in [-0.2, -0.15) is 0 Å². The third-order valence-electron chi connectivity index (χ3n) is 7.21. The molecule has 1 amide bonds. The van der Waals surface area contributed by atoms with Crippen LogP contribution >= 0.6 is 0 Å². The normalized spacial score (nSPS) is 26.4. The van der Waals surface area contributed by atoms with Crippen LogP contribution in [0.1, 0.15) is 31.2 Å². The van der Waals surface area contributed by atoms with Gasteiger partial charge in [-0.1, -0.05) is 30.3 Å². The van der Waals surface area contributed by atoms with Gasteiger partial charge in [-0.15, -0.1) is 0 Å². The first-order valence-electron chi connectivity index (χ1n) is 11.9. The summed E-state index contributed by atoms with van der Waals surface area (Å²) in [6.45, 7) is 7.22. The maximum atomic E-state index is 11.9. The van der Waals surface area contributed by atoms with E-state index in [1.54, 1.807) is 11.9 Å². The Labute approximate surface area is 190 Å². The number of piperidine rings is 1. The molecule has 3 fully saturated rings. The third-order valence-corrected chi connectivity index (χ3v) is 7.21. The molecule has 1 aromatic carbocycles. The van der Waals surface area contributed by atoms with E-state index in [1.165, 1.54) is 5.56 Å². The van der Waals surface area contributed by atoms with Crippen LogP contribution in [0, 0.1) is 5.92 Å². The summed E-state index contributed by atoms with van der Waals surface area (Å²) in [4.78, 5) is 31.9. The predicted molar refractivity (Wildman–Crippen MR) is 121 cm³/mol. The van der Waals surface area contributed by atoms with Crippen molar-refractivity contribution in [1.29, 1.82) is 0 Å². The molecule has 0 spiro atoms. The summed E-state index contributed by atoms with van der Waals surface area (Å²) in [7, 11) is 1.78. The number of hydrogen-bond acceptors (Lipinski definition) is 6. The van der Waals surface area contributed by atoms with Crippen LogP contribution in [0.5, 0.6) is 0 Å². The molecule has 3 aliphatic heterocycles. The second kappa shape index (κ2) is 10.6. The Hall–Kier alpha value is -2.16. The van der Waals surface area contributed by atoms with Crippen molar-refractivity contribution >= 4 is 12.1 Å². The summed E-state index contributed by atoms with van der Waals surface area (Å²) < 4.78 is 5.59. The van der Waals surface area contributed by atoms with Crippen LogP contribution in [-0.2, 0) is 16.1 Å². The number of aliphatic carboxylic acids is 1. The highest BCUT2D eigenvalue weighted by molar-refractivity contribution is 5.69. The molecule has 0 aliphatic carbocycles. The number of cyclic esters (lactones) is 1. The van der Waals surface area contributed by atoms with Crippen LogP contribution in [0.2, 0.25) is 0 Å². The molecule has 0 radical (unpaired) electrons. The molecule has 3 aliphatic rings. The summed E-state index contributed by atoms with van der Waals surface area (Å²) in [5, 5.41) is 9.06. The maximum absolute atomic E-state index is 11.9. The Bertz CT molecular complexity index is 769. The molecule has 4 rings (SSSR count). The fraction of sp³-hybridized carbons (Fsp3) is 0.667. The topological polar surface area (TPSA) is 76.6 Å². The Morgan fingerprint density at radius 2 is 1.84 bits per heavy atom. The molecular formula is C24H36N4O4. The number of ether oxygens (including phenoxy) is 1. The van der Waals surface area contributed by atoms with Gasteiger partial charge in [0, 0.05) is 45.7 Å². The van der Waals surface area contributed by atoms with Crippen molar-refractivity contribution in [2.24, 2.45) is 5.92 Å². The number of carboxylic acids is 1. The first kappa shape index (κ1) is 23.0. The quantitative estimate of drug-likeness (QED) is 0.658. The largest absolute Gasteiger partial charge is 0.481 e. The van der Waals surface area contributed by atoms with Crippen molar-refractivity contribution < 1.29 is 19.4 Å². The lowest BCUT2D eigenvalue weighted by Gasteiger charge is -2.48. The molecule has 2 atom stereocenters. The number of likely N-dealkylation sites (N-methyl/N-ethyl adjacent to an activating group) is 1. The van der Waals surface area contributed by atoms with Crippen LogP contribution in [0.15, 0.2) is 30.3 Å². The van der Waals surface area contributed by atoms with Gasteiger partial charge in [-0.05, 0) is 50.4 Å². The number of piperazine rings is 1. The van der Waals surface area contributed by atoms with Gasteiger partial charge in [0.05, 0.1) is 6.54 Å². The lowest BCUT2D eigenvalue weighted by Crippen LogP contribution is -2.60. The minimum absolute atomic E-state index is 0.172. The minimum Gasteiger partial charge on any atom is -0.481 e. The number of carbonyl (C=O) groups excluding carboxylic acids is 1. The van der Waals surface area contributed by atoms with E-state index in [4.69, 9.17) is 9.84 Å². The predicted octanol–water partition coefficient (Wildman–Crippen LogP) is 2.16. The van der Waals surface area contributed by atoms with Gasteiger partial charge in [0.2, 0.25) is 0 Å². The van der Waals surface area contributed by atoms with Crippen molar-refractivity contribution in [1.82, 2.24) is 19.6 Å². The Balaban J connectivity index is 1.36. The van der Waals surface area contributed by atoms with E-state index in [-0.39, 0.29) is 18.7 Å². The number of amides is 1. The SMILES string of the molecule is CN1CC(N2CCN(CCCC(=O)O)C(C3CCN(Cc4ccccc4)CC3)C2)OC1=O. The summed E-state index contributed by atoms with van der Waals surface area (Å²) >= 11 is 0. The van der Waals surface area contributed by atoms with Gasteiger partial charge >= 0.3 is 12.1 Å². The summed E-state index contributed by atoms with van der Waals surface area (Å²) in [6, 6.07) is 11.0. The second-order valence-electron chi connectivity index (χ2n) is 9.41. The zero-order valence-corrected chi connectivity index (χ0v) is 19.1. The lowest BCUT2D eigenvalue weighted by molar-refractivity contribution is -0.137. The summed E-state index contributed by atoms with van der Waals surface area (Å²) in [5.41, 5.74) is 1.36. The smallest absolute Gasteiger partial charge is 0.411 e. The molecule has 1 aromatic rings. The Morgan fingerprint density at radius 1 is 1.09 bits per heavy atom. The van der Waals surface area contributed by atoms with Crippen LogP contribution in [-0.4, -0.2) is 102 Å². The van der Waals surface area contributed by atoms with Gasteiger partial charge in [0.25, 0.3) is 0 Å². The minimum atomic E-state index is -0.727. The monoisotopic (exact) mass is 444 g/mol. The van der Waals surface area contributed by atoms with E-state index >= 15 is 0 Å². The standard InChI is InChI=1S/C24H36N4O4/c1-25-18-22(32-24(25)31)28-15-14-27(11-5-8-23(29)30)21(17-28)20-9-12-26(13-10-20)16-19-6-3-2-4-7-19/h2-4,6-7,20-22H,5,8-18H2,1H3,(H,29,30). The summed E-state index contributed by atoms with van der Waals surface area (Å²) in [6.07, 6.45) is 2.77. The van der Waals surface area contributed by atoms with Crippen LogP contribution in [0.4, 0.5) is 4.79 Å². The first-order chi connectivity index (χ1) is 15.5. The van der Waals surface area contributed by atoms with E-state index in [1.807, 2.05) is 0 Å². The molecule has 3 heterocycles. The fourth-order valence-electron chi connectivity index (χ4n) is 5.37. The van der Waals surface area contributed by atoms with E-state index in [0.29, 0.717) is 24.9 Å². The molecule has 32 heavy (non-hydrogen) atoms. The Kier molecular flexibility index (Phi) is 7.65. The van der Waals surface area contributed by atoms with E-state index in [9.17, 15) is 9.59 Å². The van der Waals surface area contributed by atoms with Gasteiger partial charge < -0.3 is 14.7 Å². The van der Waals surface area contributed by atoms with Crippen molar-refractivity contribution in [3.63, 3.8) is 0 Å². The van der Waals surface area contributed by atoms with Crippen molar-refractivity contribution in [2.75, 3.05) is 52.9 Å². The van der Waals surface area contributed by atoms with Crippen molar-refractivity contribution in [3.05, 3.63) is 35.9 Å². The third kappa shape index (κ3) is 5.79. The molecule has 8 nitrogen and oxygen atoms in total. The Morgan fingerprint density at radius 3 is 2.50 bits per heavy atom. The van der Waals surface area contributed by atoms with Gasteiger partial charge in [0.15, 0.2) is 6.23 Å². The summed E-state index contributed by atoms with van der Waals surface area (Å²) in [5.74, 6) is -0.153. The highest BCUT2D eigenvalue weighted by Gasteiger charge is 2.40. The molecular weight excluding hydrogens is 408 g/mol. The highest BCUT2D eigenvalue weighted by atomic mass is 16.6. The molecule has 176 valence electrons. The highest BCUT2D eigenvalue weighted by Crippen LogP contribution is 2.29. The average molecular weight is 445 g/mol. The first-order valence-corrected chi connectivity index (χ1v) is 11.9. The zero-order valence-electron chi connectivity index (χ0n) is 19.1. The number of rotatable bonds is 8. The number of nitrogens with zero attached hydrogens (tertiary/aromatic N) is 4. The maximum Gasteiger partial charge on any atom is 0.411 e. The van der Waals surface area contributed by atoms with Gasteiger partial charge in [-0.25, -0.2) is 4.79 Å². The van der Waals surface area contributed by atoms with Crippen LogP contribution in [0.25, 0.3) is 0 Å². The molecule has 0 saturated carbocycles. The molecule has 0 aromatic heterocycles. The van der Waals surface area contributed by atoms with Crippen LogP contribution < -0.4 is 0 Å². The van der Waals surface area contributed by atoms with Gasteiger partial charge in [0.1, 0.15) is 0 Å². The second-order valence-corrected chi connectivity index (χ2v) is 9.41.